The van der Waals surface area contributed by atoms with Gasteiger partial charge in [-0.3, -0.25) is 4.79 Å². The van der Waals surface area contributed by atoms with Crippen molar-refractivity contribution >= 4 is 22.8 Å². The van der Waals surface area contributed by atoms with Crippen LogP contribution in [0.25, 0.3) is 10.9 Å². The van der Waals surface area contributed by atoms with E-state index in [1.54, 1.807) is 23.1 Å². The van der Waals surface area contributed by atoms with Crippen LogP contribution in [0.5, 0.6) is 0 Å². The van der Waals surface area contributed by atoms with Crippen molar-refractivity contribution in [3.05, 3.63) is 77.7 Å². The number of halogens is 1. The van der Waals surface area contributed by atoms with Crippen molar-refractivity contribution in [3.8, 4) is 0 Å². The van der Waals surface area contributed by atoms with Crippen molar-refractivity contribution in [1.82, 2.24) is 9.88 Å². The Kier molecular flexibility index (Phi) is 6.55. The van der Waals surface area contributed by atoms with Gasteiger partial charge in [-0.2, -0.15) is 0 Å². The number of carbonyl (C=O) groups excluding carboxylic acids is 2. The molecule has 160 valence electrons. The molecular weight excluding hydrogens is 395 g/mol. The van der Waals surface area contributed by atoms with Crippen LogP contribution in [0.1, 0.15) is 48.2 Å². The Labute approximate surface area is 180 Å². The number of carbonyl (C=O) groups is 2. The van der Waals surface area contributed by atoms with E-state index in [0.29, 0.717) is 12.1 Å². The molecule has 1 aromatic heterocycles. The predicted octanol–water partition coefficient (Wildman–Crippen LogP) is 4.89. The number of pyridine rings is 1. The van der Waals surface area contributed by atoms with Crippen LogP contribution < -0.4 is 0 Å². The second-order valence-electron chi connectivity index (χ2n) is 7.91. The SMILES string of the molecule is O=C(OCC(=O)N(Cc1ccc(F)cc1)C1CCCCC1)c1ccc2ccccc2n1. The Morgan fingerprint density at radius 1 is 0.968 bits per heavy atom. The number of nitrogens with zero attached hydrogens (tertiary/aromatic N) is 2. The van der Waals surface area contributed by atoms with Crippen molar-refractivity contribution in [3.63, 3.8) is 0 Å². The van der Waals surface area contributed by atoms with E-state index in [1.165, 1.54) is 12.1 Å². The van der Waals surface area contributed by atoms with Gasteiger partial charge in [0.2, 0.25) is 0 Å². The summed E-state index contributed by atoms with van der Waals surface area (Å²) >= 11 is 0. The van der Waals surface area contributed by atoms with Crippen LogP contribution in [-0.4, -0.2) is 34.4 Å². The third-order valence-corrected chi connectivity index (χ3v) is 5.74. The lowest BCUT2D eigenvalue weighted by molar-refractivity contribution is -0.138. The summed E-state index contributed by atoms with van der Waals surface area (Å²) in [5.41, 5.74) is 1.72. The second kappa shape index (κ2) is 9.69. The molecule has 1 amide bonds. The molecule has 2 aromatic carbocycles. The molecule has 4 rings (SSSR count). The maximum absolute atomic E-state index is 13.3. The minimum atomic E-state index is -0.621. The number of benzene rings is 2. The Bertz CT molecular complexity index is 1060. The zero-order valence-corrected chi connectivity index (χ0v) is 17.3. The van der Waals surface area contributed by atoms with Crippen molar-refractivity contribution in [2.75, 3.05) is 6.61 Å². The molecule has 0 unspecified atom stereocenters. The summed E-state index contributed by atoms with van der Waals surface area (Å²) in [5, 5.41) is 0.929. The summed E-state index contributed by atoms with van der Waals surface area (Å²) in [6.45, 7) is 0.0284. The normalized spacial score (nSPS) is 14.4. The first-order valence-electron chi connectivity index (χ1n) is 10.7. The topological polar surface area (TPSA) is 59.5 Å². The highest BCUT2D eigenvalue weighted by Gasteiger charge is 2.26. The number of hydrogen-bond acceptors (Lipinski definition) is 4. The van der Waals surface area contributed by atoms with Gasteiger partial charge >= 0.3 is 5.97 Å². The summed E-state index contributed by atoms with van der Waals surface area (Å²) in [5.74, 6) is -1.18. The molecule has 0 atom stereocenters. The number of amides is 1. The minimum Gasteiger partial charge on any atom is -0.451 e. The van der Waals surface area contributed by atoms with Crippen LogP contribution >= 0.6 is 0 Å². The molecule has 6 heteroatoms. The van der Waals surface area contributed by atoms with Crippen LogP contribution in [0, 0.1) is 5.82 Å². The third kappa shape index (κ3) is 5.26. The maximum atomic E-state index is 13.3. The molecule has 0 N–H and O–H groups in total. The van der Waals surface area contributed by atoms with E-state index in [0.717, 1.165) is 43.1 Å². The number of aromatic nitrogens is 1. The fraction of sp³-hybridized carbons (Fsp3) is 0.320. The first kappa shape index (κ1) is 21.0. The van der Waals surface area contributed by atoms with Crippen molar-refractivity contribution in [1.29, 1.82) is 0 Å². The van der Waals surface area contributed by atoms with Crippen molar-refractivity contribution in [2.24, 2.45) is 0 Å². The third-order valence-electron chi connectivity index (χ3n) is 5.74. The van der Waals surface area contributed by atoms with Gasteiger partial charge in [-0.25, -0.2) is 14.2 Å². The highest BCUT2D eigenvalue weighted by molar-refractivity contribution is 5.92. The minimum absolute atomic E-state index is 0.101. The molecule has 0 spiro atoms. The molecule has 0 saturated heterocycles. The lowest BCUT2D eigenvalue weighted by Crippen LogP contribution is -2.43. The van der Waals surface area contributed by atoms with Gasteiger partial charge in [-0.05, 0) is 42.7 Å². The number of ether oxygens (including phenoxy) is 1. The van der Waals surface area contributed by atoms with Gasteiger partial charge < -0.3 is 9.64 Å². The van der Waals surface area contributed by atoms with E-state index >= 15 is 0 Å². The van der Waals surface area contributed by atoms with E-state index in [2.05, 4.69) is 4.98 Å². The average molecular weight is 420 g/mol. The molecule has 1 heterocycles. The quantitative estimate of drug-likeness (QED) is 0.533. The van der Waals surface area contributed by atoms with Crippen LogP contribution in [-0.2, 0) is 16.1 Å². The molecule has 1 saturated carbocycles. The van der Waals surface area contributed by atoms with Gasteiger partial charge in [0.05, 0.1) is 5.52 Å². The number of hydrogen-bond donors (Lipinski definition) is 0. The van der Waals surface area contributed by atoms with Crippen molar-refractivity contribution in [2.45, 2.75) is 44.7 Å². The first-order valence-corrected chi connectivity index (χ1v) is 10.7. The zero-order chi connectivity index (χ0) is 21.6. The fourth-order valence-electron chi connectivity index (χ4n) is 4.06. The average Bonchev–Trinajstić information content (AvgIpc) is 2.82. The van der Waals surface area contributed by atoms with Crippen LogP contribution in [0.4, 0.5) is 4.39 Å². The molecule has 5 nitrogen and oxygen atoms in total. The zero-order valence-electron chi connectivity index (χ0n) is 17.3. The molecular formula is C25H25FN2O3. The van der Waals surface area contributed by atoms with E-state index in [9.17, 15) is 14.0 Å². The molecule has 1 aliphatic carbocycles. The van der Waals surface area contributed by atoms with Gasteiger partial charge in [0, 0.05) is 18.0 Å². The number of rotatable bonds is 6. The predicted molar refractivity (Wildman–Crippen MR) is 116 cm³/mol. The van der Waals surface area contributed by atoms with Gasteiger partial charge in [0.25, 0.3) is 5.91 Å². The summed E-state index contributed by atoms with van der Waals surface area (Å²) in [6.07, 6.45) is 5.15. The highest BCUT2D eigenvalue weighted by atomic mass is 19.1. The largest absolute Gasteiger partial charge is 0.451 e. The fourth-order valence-corrected chi connectivity index (χ4v) is 4.06. The molecule has 1 fully saturated rings. The van der Waals surface area contributed by atoms with E-state index in [1.807, 2.05) is 30.3 Å². The Morgan fingerprint density at radius 3 is 2.48 bits per heavy atom. The van der Waals surface area contributed by atoms with Crippen molar-refractivity contribution < 1.29 is 18.7 Å². The van der Waals surface area contributed by atoms with Crippen LogP contribution in [0.2, 0.25) is 0 Å². The molecule has 3 aromatic rings. The Morgan fingerprint density at radius 2 is 1.71 bits per heavy atom. The molecule has 31 heavy (non-hydrogen) atoms. The van der Waals surface area contributed by atoms with Gasteiger partial charge in [-0.1, -0.05) is 55.7 Å². The Hall–Kier alpha value is -3.28. The lowest BCUT2D eigenvalue weighted by Gasteiger charge is -2.34. The maximum Gasteiger partial charge on any atom is 0.357 e. The van der Waals surface area contributed by atoms with E-state index < -0.39 is 5.97 Å². The number of para-hydroxylation sites is 1. The number of esters is 1. The molecule has 0 radical (unpaired) electrons. The molecule has 0 aliphatic heterocycles. The smallest absolute Gasteiger partial charge is 0.357 e. The highest BCUT2D eigenvalue weighted by Crippen LogP contribution is 2.24. The Balaban J connectivity index is 1.44. The van der Waals surface area contributed by atoms with Crippen LogP contribution in [0.15, 0.2) is 60.7 Å². The standard InChI is InChI=1S/C25H25FN2O3/c26-20-13-10-18(11-14-20)16-28(21-7-2-1-3-8-21)24(29)17-31-25(30)23-15-12-19-6-4-5-9-22(19)27-23/h4-6,9-15,21H,1-3,7-8,16-17H2. The molecule has 0 bridgehead atoms. The van der Waals surface area contributed by atoms with Crippen LogP contribution in [0.3, 0.4) is 0 Å². The van der Waals surface area contributed by atoms with E-state index in [4.69, 9.17) is 4.74 Å². The van der Waals surface area contributed by atoms with E-state index in [-0.39, 0.29) is 30.1 Å². The van der Waals surface area contributed by atoms with Gasteiger partial charge in [0.1, 0.15) is 11.5 Å². The second-order valence-corrected chi connectivity index (χ2v) is 7.91. The van der Waals surface area contributed by atoms with Gasteiger partial charge in [0.15, 0.2) is 6.61 Å². The summed E-state index contributed by atoms with van der Waals surface area (Å²) < 4.78 is 18.6. The molecule has 1 aliphatic rings. The summed E-state index contributed by atoms with van der Waals surface area (Å²) in [4.78, 5) is 31.6. The van der Waals surface area contributed by atoms with Gasteiger partial charge in [-0.15, -0.1) is 0 Å². The number of fused-ring (bicyclic) bond motifs is 1. The summed E-state index contributed by atoms with van der Waals surface area (Å²) in [6, 6.07) is 17.2. The monoisotopic (exact) mass is 420 g/mol. The summed E-state index contributed by atoms with van der Waals surface area (Å²) in [7, 11) is 0. The first-order chi connectivity index (χ1) is 15.1. The lowest BCUT2D eigenvalue weighted by atomic mass is 9.93.